The molecular weight excluding hydrogens is 500 g/mol. The number of anilines is 1. The number of aliphatic hydroxyl groups excluding tert-OH is 2. The lowest BCUT2D eigenvalue weighted by Gasteiger charge is -2.18. The number of rotatable bonds is 9. The van der Waals surface area contributed by atoms with Crippen LogP contribution in [0.4, 0.5) is 5.82 Å². The fraction of sp³-hybridized carbons (Fsp3) is 0.333. The van der Waals surface area contributed by atoms with Gasteiger partial charge in [0.1, 0.15) is 36.6 Å². The number of hydrogen-bond acceptors (Lipinski definition) is 9. The first-order chi connectivity index (χ1) is 16.5. The molecule has 0 saturated carbocycles. The number of ether oxygens (including phenoxy) is 1. The molecule has 4 rings (SSSR count). The fourth-order valence-electron chi connectivity index (χ4n) is 3.80. The summed E-state index contributed by atoms with van der Waals surface area (Å²) in [6.07, 6.45) is -3.62. The minimum absolute atomic E-state index is 0.502. The third kappa shape index (κ3) is 6.50. The Kier molecular flexibility index (Phi) is 7.68. The topological polar surface area (TPSA) is 192 Å². The van der Waals surface area contributed by atoms with Crippen LogP contribution in [0.2, 0.25) is 0 Å². The van der Waals surface area contributed by atoms with Gasteiger partial charge in [-0.25, -0.2) is 9.97 Å². The second-order valence-electron chi connectivity index (χ2n) is 8.15. The van der Waals surface area contributed by atoms with Gasteiger partial charge in [-0.05, 0) is 23.3 Å². The van der Waals surface area contributed by atoms with Gasteiger partial charge < -0.3 is 39.5 Å². The van der Waals surface area contributed by atoms with Crippen molar-refractivity contribution >= 4 is 31.9 Å². The van der Waals surface area contributed by atoms with Crippen molar-refractivity contribution in [3.63, 3.8) is 0 Å². The lowest BCUT2D eigenvalue weighted by atomic mass is 10.0. The predicted molar refractivity (Wildman–Crippen MR) is 126 cm³/mol. The van der Waals surface area contributed by atoms with Crippen LogP contribution in [0, 0.1) is 0 Å². The van der Waals surface area contributed by atoms with Crippen LogP contribution in [0.1, 0.15) is 17.2 Å². The van der Waals surface area contributed by atoms with Crippen LogP contribution >= 0.6 is 15.2 Å². The zero-order chi connectivity index (χ0) is 25.2. The smallest absolute Gasteiger partial charge is 0.340 e. The maximum absolute atomic E-state index is 11.9. The first-order valence-corrected chi connectivity index (χ1v) is 14.1. The molecule has 188 valence electrons. The van der Waals surface area contributed by atoms with Crippen molar-refractivity contribution in [3.8, 4) is 0 Å². The van der Waals surface area contributed by atoms with Crippen LogP contribution < -0.4 is 5.32 Å². The van der Waals surface area contributed by atoms with Crippen molar-refractivity contribution in [2.45, 2.75) is 31.0 Å². The van der Waals surface area contributed by atoms with Gasteiger partial charge in [0.25, 0.3) is 0 Å². The Morgan fingerprint density at radius 2 is 1.74 bits per heavy atom. The largest absolute Gasteiger partial charge is 0.387 e. The van der Waals surface area contributed by atoms with Crippen LogP contribution in [-0.2, 0) is 24.9 Å². The van der Waals surface area contributed by atoms with Gasteiger partial charge >= 0.3 is 15.2 Å². The summed E-state index contributed by atoms with van der Waals surface area (Å²) in [4.78, 5) is 36.0. The summed E-state index contributed by atoms with van der Waals surface area (Å²) in [7, 11) is -9.43. The number of fused-ring (bicyclic) bond motifs is 1. The predicted octanol–water partition coefficient (Wildman–Crippen LogP) is 1.74. The maximum Gasteiger partial charge on any atom is 0.340 e. The highest BCUT2D eigenvalue weighted by atomic mass is 31.2. The third-order valence-electron chi connectivity index (χ3n) is 5.46. The van der Waals surface area contributed by atoms with Gasteiger partial charge in [0.2, 0.25) is 0 Å². The lowest BCUT2D eigenvalue weighted by Crippen LogP contribution is -2.33. The summed E-state index contributed by atoms with van der Waals surface area (Å²) < 4.78 is 33.3. The van der Waals surface area contributed by atoms with E-state index in [2.05, 4.69) is 15.3 Å². The van der Waals surface area contributed by atoms with Gasteiger partial charge in [0.15, 0.2) is 5.90 Å². The Hall–Kier alpha value is -2.24. The van der Waals surface area contributed by atoms with Crippen LogP contribution in [0.15, 0.2) is 54.9 Å². The SMILES string of the molecule is O=P(O)(O)CP(=O)(O)OC[C@H]1O[C@@H](c2ccc3c(NCc4ccccc4)ncnc3c2)[C@H](O)[C@@H]1O. The van der Waals surface area contributed by atoms with E-state index < -0.39 is 52.1 Å². The second kappa shape index (κ2) is 10.4. The lowest BCUT2D eigenvalue weighted by molar-refractivity contribution is -0.0186. The zero-order valence-corrected chi connectivity index (χ0v) is 20.1. The molecule has 0 spiro atoms. The van der Waals surface area contributed by atoms with Gasteiger partial charge in [0.05, 0.1) is 12.1 Å². The molecule has 1 saturated heterocycles. The van der Waals surface area contributed by atoms with Crippen molar-refractivity contribution in [1.82, 2.24) is 9.97 Å². The highest BCUT2D eigenvalue weighted by molar-refractivity contribution is 7.70. The first kappa shape index (κ1) is 25.8. The number of nitrogens with zero attached hydrogens (tertiary/aromatic N) is 2. The Morgan fingerprint density at radius 3 is 2.46 bits per heavy atom. The van der Waals surface area contributed by atoms with Crippen molar-refractivity contribution < 1.29 is 43.3 Å². The Labute approximate surface area is 200 Å². The summed E-state index contributed by atoms with van der Waals surface area (Å²) in [6.45, 7) is -0.0877. The number of hydrogen-bond donors (Lipinski definition) is 6. The number of benzene rings is 2. The standard InChI is InChI=1S/C21H25N3O9P2/c25-18-17(10-32-35(30,31)12-34(27,28)29)33-20(19(18)26)14-6-7-15-16(8-14)23-11-24-21(15)22-9-13-4-2-1-3-5-13/h1-8,11,17-20,25-26H,9-10,12H2,(H,30,31)(H,22,23,24)(H2,27,28,29)/t17-,18-,19-,20+/m1/s1. The first-order valence-electron chi connectivity index (χ1n) is 10.6. The molecule has 35 heavy (non-hydrogen) atoms. The number of aromatic nitrogens is 2. The van der Waals surface area contributed by atoms with Crippen molar-refractivity contribution in [2.24, 2.45) is 0 Å². The monoisotopic (exact) mass is 525 g/mol. The summed E-state index contributed by atoms with van der Waals surface area (Å²) in [5.41, 5.74) is 2.15. The van der Waals surface area contributed by atoms with Crippen LogP contribution in [0.5, 0.6) is 0 Å². The van der Waals surface area contributed by atoms with E-state index in [0.717, 1.165) is 10.9 Å². The summed E-state index contributed by atoms with van der Waals surface area (Å²) in [6, 6.07) is 14.9. The van der Waals surface area contributed by atoms with Crippen molar-refractivity contribution in [3.05, 3.63) is 66.0 Å². The molecule has 1 fully saturated rings. The molecule has 2 heterocycles. The van der Waals surface area contributed by atoms with E-state index in [4.69, 9.17) is 19.0 Å². The summed E-state index contributed by atoms with van der Waals surface area (Å²) >= 11 is 0. The molecule has 1 aliphatic heterocycles. The molecule has 2 aromatic carbocycles. The van der Waals surface area contributed by atoms with Gasteiger partial charge in [-0.15, -0.1) is 0 Å². The zero-order valence-electron chi connectivity index (χ0n) is 18.3. The van der Waals surface area contributed by atoms with E-state index in [-0.39, 0.29) is 0 Å². The Morgan fingerprint density at radius 1 is 1.00 bits per heavy atom. The van der Waals surface area contributed by atoms with Crippen LogP contribution in [0.25, 0.3) is 10.9 Å². The second-order valence-corrected chi connectivity index (χ2v) is 12.1. The molecule has 1 aliphatic rings. The van der Waals surface area contributed by atoms with E-state index in [0.29, 0.717) is 23.4 Å². The van der Waals surface area contributed by atoms with Gasteiger partial charge in [-0.1, -0.05) is 36.4 Å². The van der Waals surface area contributed by atoms with Crippen LogP contribution in [0.3, 0.4) is 0 Å². The van der Waals surface area contributed by atoms with E-state index in [1.807, 2.05) is 30.3 Å². The average Bonchev–Trinajstić information content (AvgIpc) is 3.09. The number of nitrogens with one attached hydrogen (secondary N) is 1. The molecule has 5 atom stereocenters. The quantitative estimate of drug-likeness (QED) is 0.222. The van der Waals surface area contributed by atoms with Crippen LogP contribution in [-0.4, -0.2) is 65.7 Å². The van der Waals surface area contributed by atoms with E-state index in [1.54, 1.807) is 18.2 Å². The molecule has 12 nitrogen and oxygen atoms in total. The molecule has 0 bridgehead atoms. The molecule has 6 N–H and O–H groups in total. The maximum atomic E-state index is 11.9. The molecule has 0 radical (unpaired) electrons. The van der Waals surface area contributed by atoms with Gasteiger partial charge in [-0.2, -0.15) is 0 Å². The highest BCUT2D eigenvalue weighted by Crippen LogP contribution is 2.55. The highest BCUT2D eigenvalue weighted by Gasteiger charge is 2.44. The average molecular weight is 525 g/mol. The normalized spacial score (nSPS) is 24.4. The van der Waals surface area contributed by atoms with E-state index in [9.17, 15) is 24.2 Å². The van der Waals surface area contributed by atoms with E-state index in [1.165, 1.54) is 6.33 Å². The minimum Gasteiger partial charge on any atom is -0.387 e. The third-order valence-corrected chi connectivity index (χ3v) is 8.91. The minimum atomic E-state index is -4.79. The molecular formula is C21H25N3O9P2. The summed E-state index contributed by atoms with van der Waals surface area (Å²) in [5.74, 6) is -0.742. The fourth-order valence-corrected chi connectivity index (χ4v) is 6.37. The van der Waals surface area contributed by atoms with E-state index >= 15 is 0 Å². The Bertz CT molecular complexity index is 1270. The molecule has 1 unspecified atom stereocenters. The Balaban J connectivity index is 1.47. The molecule has 1 aromatic heterocycles. The molecule has 0 amide bonds. The van der Waals surface area contributed by atoms with Crippen molar-refractivity contribution in [1.29, 1.82) is 0 Å². The van der Waals surface area contributed by atoms with Crippen molar-refractivity contribution in [2.75, 3.05) is 17.8 Å². The van der Waals surface area contributed by atoms with Gasteiger partial charge in [0, 0.05) is 11.9 Å². The number of aliphatic hydroxyl groups is 2. The summed E-state index contributed by atoms with van der Waals surface area (Å²) in [5, 5.41) is 24.8. The molecule has 0 aliphatic carbocycles. The molecule has 3 aromatic rings. The van der Waals surface area contributed by atoms with Gasteiger partial charge in [-0.3, -0.25) is 9.13 Å². The molecule has 14 heteroatoms.